The van der Waals surface area contributed by atoms with Crippen molar-refractivity contribution in [3.63, 3.8) is 0 Å². The minimum Gasteiger partial charge on any atom is -0.490 e. The van der Waals surface area contributed by atoms with Gasteiger partial charge in [-0.1, -0.05) is 18.2 Å². The van der Waals surface area contributed by atoms with Crippen LogP contribution in [-0.2, 0) is 19.0 Å². The molecule has 0 aliphatic heterocycles. The van der Waals surface area contributed by atoms with Gasteiger partial charge in [0.25, 0.3) is 0 Å². The lowest BCUT2D eigenvalue weighted by atomic mass is 10.0. The molecule has 10 heteroatoms. The Labute approximate surface area is 208 Å². The van der Waals surface area contributed by atoms with E-state index >= 15 is 0 Å². The minimum atomic E-state index is -0.871. The van der Waals surface area contributed by atoms with Crippen LogP contribution in [0.15, 0.2) is 48.5 Å². The van der Waals surface area contributed by atoms with Gasteiger partial charge in [0.2, 0.25) is 0 Å². The third-order valence-electron chi connectivity index (χ3n) is 5.09. The first-order chi connectivity index (χ1) is 17.4. The first-order valence-corrected chi connectivity index (χ1v) is 11.3. The fourth-order valence-corrected chi connectivity index (χ4v) is 3.48. The highest BCUT2D eigenvalue weighted by molar-refractivity contribution is 6.06. The molecule has 190 valence electrons. The second-order valence-electron chi connectivity index (χ2n) is 7.41. The number of esters is 3. The minimum absolute atomic E-state index is 0.0655. The molecule has 0 N–H and O–H groups in total. The lowest BCUT2D eigenvalue weighted by Crippen LogP contribution is -2.26. The van der Waals surface area contributed by atoms with Crippen molar-refractivity contribution in [3.05, 3.63) is 59.8 Å². The van der Waals surface area contributed by atoms with Gasteiger partial charge < -0.3 is 23.7 Å². The van der Waals surface area contributed by atoms with E-state index in [4.69, 9.17) is 23.7 Å². The fraction of sp³-hybridized carbons (Fsp3) is 0.308. The standard InChI is InChI=1S/C26H28N2O8/c1-6-34-20-15-17(13-14-19(20)36-16(3)24(29)35-7-2)22-21(25(30)32-4)23(26(31)33-5)28(27-22)18-11-9-8-10-12-18/h8-16H,6-7H2,1-5H3. The Morgan fingerprint density at radius 2 is 1.61 bits per heavy atom. The number of hydrogen-bond donors (Lipinski definition) is 0. The molecule has 0 saturated heterocycles. The first kappa shape index (κ1) is 26.3. The van der Waals surface area contributed by atoms with Gasteiger partial charge in [-0.2, -0.15) is 5.10 Å². The average molecular weight is 497 g/mol. The van der Waals surface area contributed by atoms with Gasteiger partial charge in [-0.05, 0) is 51.1 Å². The summed E-state index contributed by atoms with van der Waals surface area (Å²) in [7, 11) is 2.43. The van der Waals surface area contributed by atoms with Gasteiger partial charge in [0.1, 0.15) is 11.3 Å². The van der Waals surface area contributed by atoms with Crippen molar-refractivity contribution in [1.29, 1.82) is 0 Å². The maximum absolute atomic E-state index is 12.9. The number of carbonyl (C=O) groups is 3. The highest BCUT2D eigenvalue weighted by Crippen LogP contribution is 2.36. The van der Waals surface area contributed by atoms with Gasteiger partial charge in [-0.25, -0.2) is 19.1 Å². The van der Waals surface area contributed by atoms with Crippen LogP contribution in [0.1, 0.15) is 41.6 Å². The molecule has 36 heavy (non-hydrogen) atoms. The van der Waals surface area contributed by atoms with Crippen molar-refractivity contribution in [2.45, 2.75) is 26.9 Å². The van der Waals surface area contributed by atoms with Gasteiger partial charge >= 0.3 is 17.9 Å². The Balaban J connectivity index is 2.18. The summed E-state index contributed by atoms with van der Waals surface area (Å²) in [6, 6.07) is 13.7. The quantitative estimate of drug-likeness (QED) is 0.305. The molecule has 1 aromatic heterocycles. The summed E-state index contributed by atoms with van der Waals surface area (Å²) in [6.07, 6.45) is -0.871. The van der Waals surface area contributed by atoms with E-state index in [2.05, 4.69) is 5.10 Å². The molecule has 1 unspecified atom stereocenters. The van der Waals surface area contributed by atoms with Crippen LogP contribution in [0.25, 0.3) is 16.9 Å². The van der Waals surface area contributed by atoms with E-state index in [1.165, 1.54) is 18.9 Å². The van der Waals surface area contributed by atoms with E-state index < -0.39 is 24.0 Å². The summed E-state index contributed by atoms with van der Waals surface area (Å²) in [4.78, 5) is 37.7. The zero-order valence-electron chi connectivity index (χ0n) is 20.8. The molecule has 0 fully saturated rings. The van der Waals surface area contributed by atoms with Crippen LogP contribution in [0.4, 0.5) is 0 Å². The van der Waals surface area contributed by atoms with Crippen molar-refractivity contribution < 1.29 is 38.1 Å². The number of hydrogen-bond acceptors (Lipinski definition) is 9. The van der Waals surface area contributed by atoms with Crippen LogP contribution in [0.2, 0.25) is 0 Å². The smallest absolute Gasteiger partial charge is 0.357 e. The van der Waals surface area contributed by atoms with E-state index in [-0.39, 0.29) is 23.6 Å². The Morgan fingerprint density at radius 3 is 2.22 bits per heavy atom. The van der Waals surface area contributed by atoms with Crippen molar-refractivity contribution in [3.8, 4) is 28.4 Å². The molecule has 1 atom stereocenters. The molecule has 1 heterocycles. The van der Waals surface area contributed by atoms with Crippen molar-refractivity contribution in [1.82, 2.24) is 9.78 Å². The van der Waals surface area contributed by atoms with Gasteiger partial charge in [0, 0.05) is 5.56 Å². The molecule has 0 aliphatic rings. The monoisotopic (exact) mass is 496 g/mol. The van der Waals surface area contributed by atoms with E-state index in [1.54, 1.807) is 63.2 Å². The van der Waals surface area contributed by atoms with E-state index in [1.807, 2.05) is 6.07 Å². The second kappa shape index (κ2) is 11.9. The summed E-state index contributed by atoms with van der Waals surface area (Å²) in [5.41, 5.74) is 1.03. The van der Waals surface area contributed by atoms with Gasteiger partial charge in [-0.3, -0.25) is 0 Å². The average Bonchev–Trinajstić information content (AvgIpc) is 3.30. The van der Waals surface area contributed by atoms with Crippen LogP contribution in [0.5, 0.6) is 11.5 Å². The fourth-order valence-electron chi connectivity index (χ4n) is 3.48. The number of rotatable bonds is 10. The molecule has 3 rings (SSSR count). The normalized spacial score (nSPS) is 11.4. The molecular weight excluding hydrogens is 468 g/mol. The lowest BCUT2D eigenvalue weighted by molar-refractivity contribution is -0.150. The topological polar surface area (TPSA) is 115 Å². The third kappa shape index (κ3) is 5.48. The molecule has 0 aliphatic carbocycles. The van der Waals surface area contributed by atoms with E-state index in [0.717, 1.165) is 0 Å². The number of carbonyl (C=O) groups excluding carboxylic acids is 3. The van der Waals surface area contributed by atoms with Gasteiger partial charge in [0.15, 0.2) is 23.3 Å². The summed E-state index contributed by atoms with van der Waals surface area (Å²) in [5, 5.41) is 4.58. The highest BCUT2D eigenvalue weighted by atomic mass is 16.6. The second-order valence-corrected chi connectivity index (χ2v) is 7.41. The zero-order chi connectivity index (χ0) is 26.2. The summed E-state index contributed by atoms with van der Waals surface area (Å²) >= 11 is 0. The van der Waals surface area contributed by atoms with Crippen LogP contribution in [0, 0.1) is 0 Å². The van der Waals surface area contributed by atoms with Crippen LogP contribution in [-0.4, -0.2) is 61.2 Å². The predicted molar refractivity (Wildman–Crippen MR) is 130 cm³/mol. The number of nitrogens with zero attached hydrogens (tertiary/aromatic N) is 2. The summed E-state index contributed by atoms with van der Waals surface area (Å²) < 4.78 is 27.8. The zero-order valence-corrected chi connectivity index (χ0v) is 20.8. The van der Waals surface area contributed by atoms with Crippen molar-refractivity contribution >= 4 is 17.9 Å². The summed E-state index contributed by atoms with van der Waals surface area (Å²) in [5.74, 6) is -1.42. The van der Waals surface area contributed by atoms with Crippen LogP contribution < -0.4 is 9.47 Å². The molecule has 0 radical (unpaired) electrons. The van der Waals surface area contributed by atoms with Gasteiger partial charge in [-0.15, -0.1) is 0 Å². The maximum Gasteiger partial charge on any atom is 0.357 e. The molecule has 3 aromatic rings. The van der Waals surface area contributed by atoms with Crippen LogP contribution >= 0.6 is 0 Å². The molecule has 0 amide bonds. The Kier molecular flexibility index (Phi) is 8.66. The van der Waals surface area contributed by atoms with Crippen LogP contribution in [0.3, 0.4) is 0 Å². The number of benzene rings is 2. The third-order valence-corrected chi connectivity index (χ3v) is 5.09. The predicted octanol–water partition coefficient (Wildman–Crippen LogP) is 3.84. The molecule has 2 aromatic carbocycles. The molecule has 0 spiro atoms. The Hall–Kier alpha value is -4.34. The number of methoxy groups -OCH3 is 2. The number of para-hydroxylation sites is 1. The SMILES string of the molecule is CCOC(=O)C(C)Oc1ccc(-c2nn(-c3ccccc3)c(C(=O)OC)c2C(=O)OC)cc1OCC. The highest BCUT2D eigenvalue weighted by Gasteiger charge is 2.32. The number of ether oxygens (including phenoxy) is 5. The van der Waals surface area contributed by atoms with Crippen molar-refractivity contribution in [2.24, 2.45) is 0 Å². The molecule has 0 saturated carbocycles. The Morgan fingerprint density at radius 1 is 0.917 bits per heavy atom. The first-order valence-electron chi connectivity index (χ1n) is 11.3. The largest absolute Gasteiger partial charge is 0.490 e. The van der Waals surface area contributed by atoms with Gasteiger partial charge in [0.05, 0.1) is 33.1 Å². The number of aromatic nitrogens is 2. The molecule has 0 bridgehead atoms. The lowest BCUT2D eigenvalue weighted by Gasteiger charge is -2.17. The van der Waals surface area contributed by atoms with E-state index in [0.29, 0.717) is 29.4 Å². The maximum atomic E-state index is 12.9. The summed E-state index contributed by atoms with van der Waals surface area (Å²) in [6.45, 7) is 5.61. The molecule has 10 nitrogen and oxygen atoms in total. The van der Waals surface area contributed by atoms with E-state index in [9.17, 15) is 14.4 Å². The van der Waals surface area contributed by atoms with Crippen molar-refractivity contribution in [2.75, 3.05) is 27.4 Å². The molecular formula is C26H28N2O8. The Bertz CT molecular complexity index is 1240.